The summed E-state index contributed by atoms with van der Waals surface area (Å²) in [4.78, 5) is 25.2. The van der Waals surface area contributed by atoms with Crippen LogP contribution in [0.15, 0.2) is 30.6 Å². The van der Waals surface area contributed by atoms with E-state index in [0.717, 1.165) is 52.4 Å². The first-order chi connectivity index (χ1) is 18.3. The summed E-state index contributed by atoms with van der Waals surface area (Å²) in [6.45, 7) is 5.33. The van der Waals surface area contributed by atoms with Crippen LogP contribution in [0.25, 0.3) is 31.7 Å². The number of carbonyl (C=O) groups is 1. The molecule has 0 atom stereocenters. The highest BCUT2D eigenvalue weighted by Gasteiger charge is 2.24. The second-order valence-electron chi connectivity index (χ2n) is 9.36. The van der Waals surface area contributed by atoms with E-state index >= 15 is 0 Å². The molecular weight excluding hydrogens is 510 g/mol. The number of anilines is 2. The number of fused-ring (bicyclic) bond motifs is 2. The summed E-state index contributed by atoms with van der Waals surface area (Å²) in [5.41, 5.74) is 1.06. The number of carbonyl (C=O) groups excluding carboxylic acids is 1. The van der Waals surface area contributed by atoms with Crippen LogP contribution in [0.3, 0.4) is 0 Å². The first-order valence-corrected chi connectivity index (χ1v) is 13.3. The largest absolute Gasteiger partial charge is 0.739 e. The Bertz CT molecular complexity index is 1470. The van der Waals surface area contributed by atoms with Crippen molar-refractivity contribution in [2.24, 2.45) is 0 Å². The summed E-state index contributed by atoms with van der Waals surface area (Å²) in [6, 6.07) is 7.06. The van der Waals surface area contributed by atoms with Gasteiger partial charge in [0.25, 0.3) is 5.52 Å². The lowest BCUT2D eigenvalue weighted by Gasteiger charge is -2.32. The van der Waals surface area contributed by atoms with Crippen molar-refractivity contribution in [2.75, 3.05) is 37.0 Å². The Labute approximate surface area is 223 Å². The molecule has 1 aromatic carbocycles. The second-order valence-corrected chi connectivity index (χ2v) is 10.4. The van der Waals surface area contributed by atoms with Crippen LogP contribution in [0.1, 0.15) is 33.1 Å². The molecular formula is C25H29N7O5S. The molecule has 1 aliphatic heterocycles. The minimum atomic E-state index is -0.402. The Hall–Kier alpha value is -3.84. The summed E-state index contributed by atoms with van der Waals surface area (Å²) in [6.07, 6.45) is 3.54. The van der Waals surface area contributed by atoms with Crippen LogP contribution < -0.4 is 19.8 Å². The summed E-state index contributed by atoms with van der Waals surface area (Å²) in [5, 5.41) is 33.2. The van der Waals surface area contributed by atoms with E-state index in [1.807, 2.05) is 6.07 Å². The van der Waals surface area contributed by atoms with Gasteiger partial charge in [-0.05, 0) is 50.5 Å². The zero-order valence-corrected chi connectivity index (χ0v) is 22.2. The molecule has 12 nitrogen and oxygen atoms in total. The van der Waals surface area contributed by atoms with Crippen molar-refractivity contribution in [1.29, 1.82) is 0 Å². The average Bonchev–Trinajstić information content (AvgIpc) is 3.35. The zero-order chi connectivity index (χ0) is 26.8. The number of benzene rings is 1. The van der Waals surface area contributed by atoms with Crippen LogP contribution in [-0.2, 0) is 14.3 Å². The van der Waals surface area contributed by atoms with Crippen LogP contribution in [0.4, 0.5) is 11.8 Å². The summed E-state index contributed by atoms with van der Waals surface area (Å²) in [5.74, 6) is 0.302. The van der Waals surface area contributed by atoms with Crippen LogP contribution in [-0.4, -0.2) is 60.0 Å². The molecule has 4 heterocycles. The van der Waals surface area contributed by atoms with E-state index in [-0.39, 0.29) is 42.2 Å². The van der Waals surface area contributed by atoms with Crippen molar-refractivity contribution in [2.45, 2.75) is 45.3 Å². The Kier molecular flexibility index (Phi) is 7.38. The monoisotopic (exact) mass is 539 g/mol. The maximum atomic E-state index is 12.9. The number of hydrogen-bond acceptors (Lipinski definition) is 11. The van der Waals surface area contributed by atoms with E-state index in [9.17, 15) is 15.2 Å². The molecule has 4 aromatic rings. The zero-order valence-electron chi connectivity index (χ0n) is 21.4. The van der Waals surface area contributed by atoms with Gasteiger partial charge in [0.1, 0.15) is 17.0 Å². The van der Waals surface area contributed by atoms with Gasteiger partial charge in [0.2, 0.25) is 5.10 Å². The Morgan fingerprint density at radius 3 is 2.74 bits per heavy atom. The molecule has 0 radical (unpaired) electrons. The quantitative estimate of drug-likeness (QED) is 0.201. The van der Waals surface area contributed by atoms with Crippen molar-refractivity contribution in [3.8, 4) is 10.4 Å². The van der Waals surface area contributed by atoms with Crippen LogP contribution in [0.5, 0.6) is 0 Å². The number of nitrogens with zero attached hydrogens (tertiary/aromatic N) is 6. The maximum Gasteiger partial charge on any atom is 0.460 e. The predicted molar refractivity (Wildman–Crippen MR) is 143 cm³/mol. The second kappa shape index (κ2) is 10.9. The number of ether oxygens (including phenoxy) is 2. The third-order valence-electron chi connectivity index (χ3n) is 6.43. The minimum absolute atomic E-state index is 0.0386. The SMILES string of the molecule is COC1CCN(c2ncnc3sc(-c4ccc5c(c4)[n+]([O-])nc(NCCC(=O)OC(C)C)[n+]5[O-])cc23)CC1. The molecule has 13 heteroatoms. The molecule has 0 aliphatic carbocycles. The normalized spacial score (nSPS) is 14.5. The molecule has 1 fully saturated rings. The fraction of sp³-hybridized carbons (Fsp3) is 0.440. The van der Waals surface area contributed by atoms with Crippen molar-refractivity contribution < 1.29 is 23.8 Å². The first kappa shape index (κ1) is 25.8. The van der Waals surface area contributed by atoms with E-state index in [1.165, 1.54) is 11.3 Å². The smallest absolute Gasteiger partial charge is 0.460 e. The molecule has 0 saturated carbocycles. The van der Waals surface area contributed by atoms with Gasteiger partial charge in [-0.15, -0.1) is 11.3 Å². The van der Waals surface area contributed by atoms with Gasteiger partial charge in [-0.2, -0.15) is 0 Å². The molecule has 0 amide bonds. The Morgan fingerprint density at radius 2 is 2.00 bits per heavy atom. The van der Waals surface area contributed by atoms with Gasteiger partial charge >= 0.3 is 11.9 Å². The lowest BCUT2D eigenvalue weighted by molar-refractivity contribution is -0.672. The Morgan fingerprint density at radius 1 is 1.21 bits per heavy atom. The summed E-state index contributed by atoms with van der Waals surface area (Å²) < 4.78 is 11.1. The van der Waals surface area contributed by atoms with Gasteiger partial charge in [-0.25, -0.2) is 14.7 Å². The number of piperidine rings is 1. The minimum Gasteiger partial charge on any atom is -0.739 e. The number of nitrogens with one attached hydrogen (secondary N) is 1. The lowest BCUT2D eigenvalue weighted by atomic mass is 10.1. The fourth-order valence-electron chi connectivity index (χ4n) is 4.54. The highest BCUT2D eigenvalue weighted by molar-refractivity contribution is 7.21. The molecule has 38 heavy (non-hydrogen) atoms. The molecule has 3 aromatic heterocycles. The van der Waals surface area contributed by atoms with Crippen LogP contribution >= 0.6 is 11.3 Å². The molecule has 1 N–H and O–H groups in total. The van der Waals surface area contributed by atoms with Crippen molar-refractivity contribution in [3.05, 3.63) is 41.0 Å². The van der Waals surface area contributed by atoms with Gasteiger partial charge in [-0.1, -0.05) is 0 Å². The van der Waals surface area contributed by atoms with Crippen molar-refractivity contribution in [1.82, 2.24) is 15.1 Å². The highest BCUT2D eigenvalue weighted by atomic mass is 32.1. The molecule has 200 valence electrons. The van der Waals surface area contributed by atoms with E-state index in [4.69, 9.17) is 9.47 Å². The highest BCUT2D eigenvalue weighted by Crippen LogP contribution is 2.37. The summed E-state index contributed by atoms with van der Waals surface area (Å²) in [7, 11) is 1.75. The molecule has 0 bridgehead atoms. The number of thiophene rings is 1. The van der Waals surface area contributed by atoms with Crippen molar-refractivity contribution in [3.63, 3.8) is 0 Å². The summed E-state index contributed by atoms with van der Waals surface area (Å²) >= 11 is 1.50. The number of aromatic nitrogens is 5. The standard InChI is InChI=1S/C25H29N7O5S/c1-15(2)37-22(33)6-9-26-25-29-32(35)20-12-16(4-5-19(20)31(25)34)21-13-18-23(27-14-28-24(18)38-21)30-10-7-17(36-3)8-11-30/h4-5,12-15,17H,6-11H2,1-3H3,(H,26,29). The molecule has 5 rings (SSSR count). The molecule has 1 saturated heterocycles. The van der Waals surface area contributed by atoms with E-state index in [2.05, 4.69) is 25.3 Å². The van der Waals surface area contributed by atoms with Gasteiger partial charge < -0.3 is 24.8 Å². The third-order valence-corrected chi connectivity index (χ3v) is 7.52. The van der Waals surface area contributed by atoms with Gasteiger partial charge in [0.05, 0.1) is 30.6 Å². The van der Waals surface area contributed by atoms with E-state index in [1.54, 1.807) is 45.5 Å². The topological polar surface area (TPSA) is 143 Å². The van der Waals surface area contributed by atoms with E-state index < -0.39 is 5.97 Å². The first-order valence-electron chi connectivity index (χ1n) is 12.5. The third kappa shape index (κ3) is 5.24. The predicted octanol–water partition coefficient (Wildman–Crippen LogP) is 2.54. The molecule has 0 unspecified atom stereocenters. The van der Waals surface area contributed by atoms with Gasteiger partial charge in [0.15, 0.2) is 5.52 Å². The van der Waals surface area contributed by atoms with Gasteiger partial charge in [-0.3, -0.25) is 10.1 Å². The molecule has 1 aliphatic rings. The average molecular weight is 540 g/mol. The number of esters is 1. The van der Waals surface area contributed by atoms with Crippen LogP contribution in [0.2, 0.25) is 0 Å². The molecule has 0 spiro atoms. The van der Waals surface area contributed by atoms with Gasteiger partial charge in [0, 0.05) is 36.0 Å². The van der Waals surface area contributed by atoms with E-state index in [0.29, 0.717) is 9.58 Å². The Balaban J connectivity index is 1.39. The number of rotatable bonds is 8. The van der Waals surface area contributed by atoms with Crippen molar-refractivity contribution >= 4 is 50.3 Å². The van der Waals surface area contributed by atoms with Crippen LogP contribution in [0, 0.1) is 10.4 Å². The number of methoxy groups -OCH3 is 1. The maximum absolute atomic E-state index is 12.9. The fourth-order valence-corrected chi connectivity index (χ4v) is 5.53. The lowest BCUT2D eigenvalue weighted by Crippen LogP contribution is -2.44. The number of hydrogen-bond donors (Lipinski definition) is 1.